The van der Waals surface area contributed by atoms with Crippen LogP contribution in [-0.2, 0) is 5.60 Å². The minimum absolute atomic E-state index is 0.657. The quantitative estimate of drug-likeness (QED) is 0.840. The normalized spacial score (nSPS) is 18.4. The lowest BCUT2D eigenvalue weighted by molar-refractivity contribution is 0.0491. The van der Waals surface area contributed by atoms with E-state index in [9.17, 15) is 5.11 Å². The van der Waals surface area contributed by atoms with Gasteiger partial charge in [0.25, 0.3) is 0 Å². The number of likely N-dealkylation sites (N-methyl/N-ethyl adjacent to an activating group) is 1. The number of nitrogens with zero attached hydrogens (tertiary/aromatic N) is 2. The minimum atomic E-state index is -0.800. The van der Waals surface area contributed by atoms with Crippen molar-refractivity contribution in [2.75, 3.05) is 26.7 Å². The Hall–Kier alpha value is -1.55. The van der Waals surface area contributed by atoms with Crippen LogP contribution < -0.4 is 5.32 Å². The monoisotopic (exact) mass is 247 g/mol. The Morgan fingerprint density at radius 3 is 2.72 bits per heavy atom. The van der Waals surface area contributed by atoms with Crippen LogP contribution in [-0.4, -0.2) is 42.6 Å². The smallest absolute Gasteiger partial charge is 0.193 e. The van der Waals surface area contributed by atoms with E-state index >= 15 is 0 Å². The molecule has 1 heterocycles. The van der Waals surface area contributed by atoms with Crippen molar-refractivity contribution in [2.45, 2.75) is 18.9 Å². The van der Waals surface area contributed by atoms with Crippen LogP contribution in [0.2, 0.25) is 0 Å². The van der Waals surface area contributed by atoms with Crippen LogP contribution in [0.5, 0.6) is 0 Å². The van der Waals surface area contributed by atoms with Crippen LogP contribution in [0.4, 0.5) is 0 Å². The van der Waals surface area contributed by atoms with E-state index in [0.29, 0.717) is 13.0 Å². The van der Waals surface area contributed by atoms with Gasteiger partial charge < -0.3 is 15.3 Å². The Balaban J connectivity index is 1.86. The summed E-state index contributed by atoms with van der Waals surface area (Å²) in [5.74, 6) is 0.930. The van der Waals surface area contributed by atoms with Crippen LogP contribution in [0.25, 0.3) is 0 Å². The van der Waals surface area contributed by atoms with Crippen LogP contribution in [0.1, 0.15) is 18.9 Å². The van der Waals surface area contributed by atoms with E-state index in [2.05, 4.69) is 15.2 Å². The van der Waals surface area contributed by atoms with Gasteiger partial charge in [-0.3, -0.25) is 4.99 Å². The Bertz CT molecular complexity index is 414. The lowest BCUT2D eigenvalue weighted by Gasteiger charge is -2.25. The molecule has 0 radical (unpaired) electrons. The molecule has 1 atom stereocenters. The van der Waals surface area contributed by atoms with E-state index in [1.54, 1.807) is 0 Å². The Kier molecular flexibility index (Phi) is 3.87. The van der Waals surface area contributed by atoms with Gasteiger partial charge >= 0.3 is 0 Å². The second kappa shape index (κ2) is 5.40. The van der Waals surface area contributed by atoms with Crippen LogP contribution in [0.3, 0.4) is 0 Å². The fraction of sp³-hybridized carbons (Fsp3) is 0.500. The topological polar surface area (TPSA) is 47.9 Å². The molecule has 0 spiro atoms. The number of hydrogen-bond donors (Lipinski definition) is 2. The van der Waals surface area contributed by atoms with Gasteiger partial charge in [-0.15, -0.1) is 0 Å². The predicted molar refractivity (Wildman–Crippen MR) is 73.6 cm³/mol. The molecule has 4 heteroatoms. The molecule has 0 bridgehead atoms. The second-order valence-electron chi connectivity index (χ2n) is 4.94. The number of benzene rings is 1. The molecular formula is C14H21N3O. The van der Waals surface area contributed by atoms with Crippen molar-refractivity contribution in [1.82, 2.24) is 10.2 Å². The zero-order valence-corrected chi connectivity index (χ0v) is 11.1. The minimum Gasteiger partial charge on any atom is -0.385 e. The summed E-state index contributed by atoms with van der Waals surface area (Å²) in [4.78, 5) is 6.45. The maximum atomic E-state index is 10.4. The number of aliphatic hydroxyl groups is 1. The molecule has 18 heavy (non-hydrogen) atoms. The van der Waals surface area contributed by atoms with Crippen LogP contribution in [0, 0.1) is 0 Å². The molecule has 4 nitrogen and oxygen atoms in total. The van der Waals surface area contributed by atoms with Crippen molar-refractivity contribution in [3.8, 4) is 0 Å². The molecule has 1 aromatic carbocycles. The van der Waals surface area contributed by atoms with Gasteiger partial charge in [-0.1, -0.05) is 30.3 Å². The number of nitrogens with one attached hydrogen (secondary N) is 1. The summed E-state index contributed by atoms with van der Waals surface area (Å²) >= 11 is 0. The lowest BCUT2D eigenvalue weighted by Crippen LogP contribution is -2.38. The van der Waals surface area contributed by atoms with Crippen LogP contribution in [0.15, 0.2) is 35.3 Å². The summed E-state index contributed by atoms with van der Waals surface area (Å²) in [6.07, 6.45) is 0.657. The summed E-state index contributed by atoms with van der Waals surface area (Å²) < 4.78 is 0. The largest absolute Gasteiger partial charge is 0.385 e. The Morgan fingerprint density at radius 2 is 2.11 bits per heavy atom. The molecule has 1 aromatic rings. The maximum Gasteiger partial charge on any atom is 0.193 e. The van der Waals surface area contributed by atoms with E-state index in [1.165, 1.54) is 0 Å². The predicted octanol–water partition coefficient (Wildman–Crippen LogP) is 1.18. The average Bonchev–Trinajstić information content (AvgIpc) is 2.76. The zero-order valence-electron chi connectivity index (χ0n) is 11.1. The van der Waals surface area contributed by atoms with Gasteiger partial charge in [0.15, 0.2) is 5.96 Å². The van der Waals surface area contributed by atoms with E-state index < -0.39 is 5.60 Å². The molecule has 0 saturated carbocycles. The van der Waals surface area contributed by atoms with E-state index in [1.807, 2.05) is 44.3 Å². The van der Waals surface area contributed by atoms with Crippen molar-refractivity contribution in [3.63, 3.8) is 0 Å². The summed E-state index contributed by atoms with van der Waals surface area (Å²) in [7, 11) is 2.02. The van der Waals surface area contributed by atoms with Crippen molar-refractivity contribution in [2.24, 2.45) is 4.99 Å². The fourth-order valence-corrected chi connectivity index (χ4v) is 2.08. The number of aliphatic imine (C=N–C) groups is 1. The Labute approximate surface area is 108 Å². The van der Waals surface area contributed by atoms with Gasteiger partial charge in [0, 0.05) is 20.1 Å². The molecule has 1 unspecified atom stereocenters. The third-order valence-corrected chi connectivity index (χ3v) is 3.35. The third kappa shape index (κ3) is 3.01. The molecular weight excluding hydrogens is 226 g/mol. The highest BCUT2D eigenvalue weighted by molar-refractivity contribution is 5.81. The first kappa shape index (κ1) is 12.9. The number of guanidine groups is 1. The number of hydrogen-bond acceptors (Lipinski definition) is 4. The van der Waals surface area contributed by atoms with Crippen molar-refractivity contribution < 1.29 is 5.11 Å². The standard InChI is InChI=1S/C14H21N3O/c1-14(18,12-6-4-3-5-7-12)8-9-15-13-16-10-11-17(13)2/h3-7,18H,8-11H2,1-2H3,(H,15,16). The van der Waals surface area contributed by atoms with Gasteiger partial charge in [-0.05, 0) is 18.9 Å². The maximum absolute atomic E-state index is 10.4. The first-order valence-corrected chi connectivity index (χ1v) is 6.37. The first-order chi connectivity index (χ1) is 8.59. The molecule has 1 aliphatic rings. The SMILES string of the molecule is CN1CCN=C1NCCC(C)(O)c1ccccc1. The molecule has 0 aliphatic carbocycles. The summed E-state index contributed by atoms with van der Waals surface area (Å²) in [5.41, 5.74) is 0.153. The van der Waals surface area contributed by atoms with E-state index in [0.717, 1.165) is 24.6 Å². The molecule has 2 N–H and O–H groups in total. The third-order valence-electron chi connectivity index (χ3n) is 3.35. The fourth-order valence-electron chi connectivity index (χ4n) is 2.08. The molecule has 0 fully saturated rings. The Morgan fingerprint density at radius 1 is 1.39 bits per heavy atom. The number of rotatable bonds is 4. The molecule has 98 valence electrons. The van der Waals surface area contributed by atoms with Crippen molar-refractivity contribution in [3.05, 3.63) is 35.9 Å². The lowest BCUT2D eigenvalue weighted by atomic mass is 9.93. The zero-order chi connectivity index (χ0) is 13.0. The van der Waals surface area contributed by atoms with Gasteiger partial charge in [-0.25, -0.2) is 0 Å². The van der Waals surface area contributed by atoms with Crippen LogP contribution >= 0.6 is 0 Å². The molecule has 0 amide bonds. The first-order valence-electron chi connectivity index (χ1n) is 6.37. The average molecular weight is 247 g/mol. The summed E-state index contributed by atoms with van der Waals surface area (Å²) in [6.45, 7) is 4.39. The molecule has 1 aliphatic heterocycles. The van der Waals surface area contributed by atoms with E-state index in [4.69, 9.17) is 0 Å². The van der Waals surface area contributed by atoms with E-state index in [-0.39, 0.29) is 0 Å². The van der Waals surface area contributed by atoms with Gasteiger partial charge in [0.05, 0.1) is 12.1 Å². The molecule has 0 aromatic heterocycles. The summed E-state index contributed by atoms with van der Waals surface area (Å²) in [5, 5.41) is 13.7. The highest BCUT2D eigenvalue weighted by Gasteiger charge is 2.22. The summed E-state index contributed by atoms with van der Waals surface area (Å²) in [6, 6.07) is 9.77. The van der Waals surface area contributed by atoms with Crippen molar-refractivity contribution in [1.29, 1.82) is 0 Å². The highest BCUT2D eigenvalue weighted by atomic mass is 16.3. The second-order valence-corrected chi connectivity index (χ2v) is 4.94. The van der Waals surface area contributed by atoms with Gasteiger partial charge in [0.1, 0.15) is 0 Å². The molecule has 0 saturated heterocycles. The highest BCUT2D eigenvalue weighted by Crippen LogP contribution is 2.23. The molecule has 2 rings (SSSR count). The van der Waals surface area contributed by atoms with Crippen molar-refractivity contribution >= 4 is 5.96 Å². The van der Waals surface area contributed by atoms with Gasteiger partial charge in [0.2, 0.25) is 0 Å². The van der Waals surface area contributed by atoms with Gasteiger partial charge in [-0.2, -0.15) is 0 Å².